The van der Waals surface area contributed by atoms with Gasteiger partial charge in [0.05, 0.1) is 6.61 Å². The molecule has 0 spiro atoms. The highest BCUT2D eigenvalue weighted by Crippen LogP contribution is 2.30. The molecule has 0 radical (unpaired) electrons. The first-order chi connectivity index (χ1) is 7.66. The third-order valence-corrected chi connectivity index (χ3v) is 3.35. The van der Waals surface area contributed by atoms with E-state index in [1.54, 1.807) is 24.3 Å². The van der Waals surface area contributed by atoms with Crippen LogP contribution in [0, 0.1) is 0 Å². The Morgan fingerprint density at radius 1 is 1.38 bits per heavy atom. The lowest BCUT2D eigenvalue weighted by atomic mass is 10.4. The molecule has 0 heterocycles. The zero-order chi connectivity index (χ0) is 12.0. The topological polar surface area (TPSA) is 43.4 Å². The summed E-state index contributed by atoms with van der Waals surface area (Å²) in [6.07, 6.45) is 0.737. The van der Waals surface area contributed by atoms with Gasteiger partial charge in [0.1, 0.15) is 0 Å². The largest absolute Gasteiger partial charge is 0.459 e. The highest BCUT2D eigenvalue weighted by molar-refractivity contribution is 7.59. The van der Waals surface area contributed by atoms with Gasteiger partial charge in [-0.25, -0.2) is 4.79 Å². The van der Waals surface area contributed by atoms with Gasteiger partial charge in [0.25, 0.3) is 5.31 Å². The summed E-state index contributed by atoms with van der Waals surface area (Å²) in [7, 11) is -1.91. The highest BCUT2D eigenvalue weighted by Gasteiger charge is 2.31. The van der Waals surface area contributed by atoms with Gasteiger partial charge < -0.3 is 4.74 Å². The predicted octanol–water partition coefficient (Wildman–Crippen LogP) is 2.61. The Balaban J connectivity index is 2.68. The molecule has 0 aliphatic carbocycles. The average molecular weight is 237 g/mol. The van der Waals surface area contributed by atoms with Crippen molar-refractivity contribution in [3.05, 3.63) is 42.2 Å². The molecule has 0 fully saturated rings. The first-order valence-electron chi connectivity index (χ1n) is 5.05. The zero-order valence-corrected chi connectivity index (χ0v) is 10.1. The second-order valence-electron chi connectivity index (χ2n) is 3.21. The molecule has 0 aliphatic heterocycles. The first-order valence-corrected chi connectivity index (χ1v) is 6.31. The summed E-state index contributed by atoms with van der Waals surface area (Å²) >= 11 is 0. The van der Waals surface area contributed by atoms with Gasteiger partial charge in [0, 0.05) is 0 Å². The van der Waals surface area contributed by atoms with E-state index in [1.807, 2.05) is 13.0 Å². The van der Waals surface area contributed by atoms with E-state index in [0.717, 1.165) is 6.42 Å². The van der Waals surface area contributed by atoms with Gasteiger partial charge in [-0.1, -0.05) is 29.7 Å². The smallest absolute Gasteiger partial charge is 0.422 e. The summed E-state index contributed by atoms with van der Waals surface area (Å²) in [6.45, 7) is 5.75. The Labute approximate surface area is 95.9 Å². The normalized spacial score (nSPS) is 10.7. The van der Waals surface area contributed by atoms with Crippen molar-refractivity contribution >= 4 is 19.1 Å². The predicted molar refractivity (Wildman–Crippen MR) is 64.1 cm³/mol. The maximum atomic E-state index is 11.9. The van der Waals surface area contributed by atoms with Crippen LogP contribution in [0.25, 0.3) is 0 Å². The maximum absolute atomic E-state index is 11.9. The van der Waals surface area contributed by atoms with Gasteiger partial charge in [-0.3, -0.25) is 0 Å². The molecule has 1 aromatic carbocycles. The molecule has 0 aromatic heterocycles. The van der Waals surface area contributed by atoms with Gasteiger partial charge in [0.15, 0.2) is 5.30 Å². The van der Waals surface area contributed by atoms with Crippen molar-refractivity contribution in [2.45, 2.75) is 13.3 Å². The van der Waals surface area contributed by atoms with Crippen molar-refractivity contribution in [1.82, 2.24) is 0 Å². The number of esters is 1. The van der Waals surface area contributed by atoms with Gasteiger partial charge in [-0.15, -0.1) is 0 Å². The van der Waals surface area contributed by atoms with Gasteiger partial charge in [-0.2, -0.15) is 0 Å². The minimum Gasteiger partial charge on any atom is -0.459 e. The molecule has 0 amide bonds. The monoisotopic (exact) mass is 237 g/mol. The number of rotatable bonds is 5. The fourth-order valence-corrected chi connectivity index (χ4v) is 2.07. The van der Waals surface area contributed by atoms with Crippen molar-refractivity contribution in [2.75, 3.05) is 6.61 Å². The van der Waals surface area contributed by atoms with E-state index in [-0.39, 0.29) is 5.31 Å². The number of carbonyl (C=O) groups is 1. The SMILES string of the molecule is C=C(C(=O)OCCC)[P+](=O)c1ccccc1. The van der Waals surface area contributed by atoms with Crippen LogP contribution in [0.5, 0.6) is 0 Å². The summed E-state index contributed by atoms with van der Waals surface area (Å²) in [4.78, 5) is 11.4. The Kier molecular flexibility index (Phi) is 4.87. The van der Waals surface area contributed by atoms with Crippen LogP contribution in [0.2, 0.25) is 0 Å². The molecule has 1 unspecified atom stereocenters. The van der Waals surface area contributed by atoms with Crippen LogP contribution in [0.4, 0.5) is 0 Å². The minimum absolute atomic E-state index is 0.0228. The van der Waals surface area contributed by atoms with Crippen LogP contribution in [-0.2, 0) is 14.1 Å². The molecule has 0 saturated carbocycles. The molecule has 1 aromatic rings. The fourth-order valence-electron chi connectivity index (χ4n) is 1.08. The van der Waals surface area contributed by atoms with E-state index in [9.17, 15) is 9.36 Å². The molecule has 1 rings (SSSR count). The van der Waals surface area contributed by atoms with Crippen LogP contribution in [0.3, 0.4) is 0 Å². The Hall–Kier alpha value is -1.47. The second kappa shape index (κ2) is 6.19. The maximum Gasteiger partial charge on any atom is 0.422 e. The van der Waals surface area contributed by atoms with Crippen LogP contribution < -0.4 is 5.30 Å². The van der Waals surface area contributed by atoms with E-state index >= 15 is 0 Å². The Bertz CT molecular complexity index is 398. The molecule has 84 valence electrons. The molecule has 0 bridgehead atoms. The molecular weight excluding hydrogens is 223 g/mol. The van der Waals surface area contributed by atoms with Gasteiger partial charge in [-0.05, 0) is 25.1 Å². The van der Waals surface area contributed by atoms with Crippen molar-refractivity contribution in [3.63, 3.8) is 0 Å². The number of hydrogen-bond donors (Lipinski definition) is 0. The van der Waals surface area contributed by atoms with E-state index in [4.69, 9.17) is 4.74 Å². The van der Waals surface area contributed by atoms with Gasteiger partial charge in [0.2, 0.25) is 0 Å². The van der Waals surface area contributed by atoms with E-state index in [0.29, 0.717) is 11.9 Å². The Morgan fingerprint density at radius 2 is 2.00 bits per heavy atom. The van der Waals surface area contributed by atoms with Gasteiger partial charge >= 0.3 is 13.8 Å². The van der Waals surface area contributed by atoms with Crippen molar-refractivity contribution in [1.29, 1.82) is 0 Å². The standard InChI is InChI=1S/C12H14O3P/c1-3-9-15-12(13)10(2)16(14)11-7-5-4-6-8-11/h4-8H,2-3,9H2,1H3/q+1. The molecular formula is C12H14O3P+. The highest BCUT2D eigenvalue weighted by atomic mass is 31.1. The molecule has 0 N–H and O–H groups in total. The summed E-state index contributed by atoms with van der Waals surface area (Å²) in [5.41, 5.74) is 0. The summed E-state index contributed by atoms with van der Waals surface area (Å²) < 4.78 is 16.8. The van der Waals surface area contributed by atoms with Crippen LogP contribution in [0.1, 0.15) is 13.3 Å². The number of ether oxygens (including phenoxy) is 1. The fraction of sp³-hybridized carbons (Fsp3) is 0.250. The lowest BCUT2D eigenvalue weighted by Gasteiger charge is -1.98. The van der Waals surface area contributed by atoms with Crippen LogP contribution >= 0.6 is 7.80 Å². The van der Waals surface area contributed by atoms with Crippen molar-refractivity contribution < 1.29 is 14.1 Å². The van der Waals surface area contributed by atoms with Crippen LogP contribution in [0.15, 0.2) is 42.2 Å². The molecule has 0 aliphatic rings. The van der Waals surface area contributed by atoms with E-state index < -0.39 is 13.8 Å². The number of carbonyl (C=O) groups excluding carboxylic acids is 1. The Morgan fingerprint density at radius 3 is 2.56 bits per heavy atom. The summed E-state index contributed by atoms with van der Waals surface area (Å²) in [6, 6.07) is 8.78. The number of hydrogen-bond acceptors (Lipinski definition) is 3. The molecule has 4 heteroatoms. The van der Waals surface area contributed by atoms with E-state index in [1.165, 1.54) is 0 Å². The lowest BCUT2D eigenvalue weighted by molar-refractivity contribution is -0.138. The van der Waals surface area contributed by atoms with Crippen molar-refractivity contribution in [3.8, 4) is 0 Å². The molecule has 3 nitrogen and oxygen atoms in total. The average Bonchev–Trinajstić information content (AvgIpc) is 2.35. The third-order valence-electron chi connectivity index (χ3n) is 1.91. The first kappa shape index (κ1) is 12.6. The summed E-state index contributed by atoms with van der Waals surface area (Å²) in [5, 5.41) is 0.616. The van der Waals surface area contributed by atoms with Crippen molar-refractivity contribution in [2.24, 2.45) is 0 Å². The zero-order valence-electron chi connectivity index (χ0n) is 9.18. The molecule has 1 atom stereocenters. The minimum atomic E-state index is -1.91. The van der Waals surface area contributed by atoms with Crippen LogP contribution in [-0.4, -0.2) is 12.6 Å². The second-order valence-corrected chi connectivity index (χ2v) is 4.86. The molecule has 16 heavy (non-hydrogen) atoms. The van der Waals surface area contributed by atoms with E-state index in [2.05, 4.69) is 6.58 Å². The molecule has 0 saturated heterocycles. The number of benzene rings is 1. The quantitative estimate of drug-likeness (QED) is 0.449. The third kappa shape index (κ3) is 3.28. The summed E-state index contributed by atoms with van der Waals surface area (Å²) in [5.74, 6) is -0.577. The lowest BCUT2D eigenvalue weighted by Crippen LogP contribution is -2.08.